The van der Waals surface area contributed by atoms with Crippen LogP contribution in [-0.4, -0.2) is 44.7 Å². The van der Waals surface area contributed by atoms with Crippen molar-refractivity contribution < 1.29 is 9.53 Å². The molecule has 9 nitrogen and oxygen atoms in total. The molecule has 186 valence electrons. The van der Waals surface area contributed by atoms with Gasteiger partial charge in [0.2, 0.25) is 17.8 Å². The molecule has 2 fully saturated rings. The maximum absolute atomic E-state index is 11.7. The molecule has 35 heavy (non-hydrogen) atoms. The lowest BCUT2D eigenvalue weighted by Gasteiger charge is -2.29. The number of rotatable bonds is 6. The molecule has 3 heterocycles. The second-order valence-corrected chi connectivity index (χ2v) is 10.3. The van der Waals surface area contributed by atoms with Crippen molar-refractivity contribution in [3.63, 3.8) is 0 Å². The van der Waals surface area contributed by atoms with E-state index in [0.29, 0.717) is 63.3 Å². The second-order valence-electron chi connectivity index (χ2n) is 9.04. The van der Waals surface area contributed by atoms with Crippen molar-refractivity contribution in [2.24, 2.45) is 11.7 Å². The molecular weight excluding hydrogens is 513 g/mol. The first-order chi connectivity index (χ1) is 16.9. The highest BCUT2D eigenvalue weighted by atomic mass is 35.5. The molecule has 1 saturated heterocycles. The van der Waals surface area contributed by atoms with Gasteiger partial charge in [-0.15, -0.1) is 0 Å². The fraction of sp³-hybridized carbons (Fsp3) is 0.478. The third kappa shape index (κ3) is 5.28. The molecule has 5 rings (SSSR count). The molecule has 1 aliphatic heterocycles. The number of halogens is 3. The highest BCUT2D eigenvalue weighted by Crippen LogP contribution is 2.40. The average molecular weight is 539 g/mol. The quantitative estimate of drug-likeness (QED) is 0.387. The monoisotopic (exact) mass is 537 g/mol. The number of ether oxygens (including phenoxy) is 1. The molecule has 1 aromatic carbocycles. The van der Waals surface area contributed by atoms with E-state index >= 15 is 0 Å². The summed E-state index contributed by atoms with van der Waals surface area (Å²) in [6.07, 6.45) is 6.64. The van der Waals surface area contributed by atoms with Gasteiger partial charge in [-0.2, -0.15) is 4.98 Å². The summed E-state index contributed by atoms with van der Waals surface area (Å²) in [5, 5.41) is 7.87. The van der Waals surface area contributed by atoms with Crippen LogP contribution in [-0.2, 0) is 9.53 Å². The number of nitrogens with zero attached hydrogens (tertiary/aromatic N) is 4. The van der Waals surface area contributed by atoms with Crippen LogP contribution in [0.2, 0.25) is 15.1 Å². The molecule has 0 spiro atoms. The highest BCUT2D eigenvalue weighted by molar-refractivity contribution is 6.41. The number of amides is 1. The molecule has 2 aromatic heterocycles. The summed E-state index contributed by atoms with van der Waals surface area (Å²) in [4.78, 5) is 25.8. The van der Waals surface area contributed by atoms with Crippen LogP contribution in [0.5, 0.6) is 0 Å². The zero-order valence-electron chi connectivity index (χ0n) is 18.9. The fourth-order valence-electron chi connectivity index (χ4n) is 4.82. The molecule has 1 saturated carbocycles. The summed E-state index contributed by atoms with van der Waals surface area (Å²) < 4.78 is 7.63. The Kier molecular flexibility index (Phi) is 7.20. The first-order valence-electron chi connectivity index (χ1n) is 11.7. The number of hydrogen-bond acceptors (Lipinski definition) is 7. The minimum atomic E-state index is -0.250. The van der Waals surface area contributed by atoms with Crippen molar-refractivity contribution in [2.75, 3.05) is 23.8 Å². The van der Waals surface area contributed by atoms with Crippen LogP contribution in [0.4, 0.5) is 17.6 Å². The Balaban J connectivity index is 1.52. The molecule has 1 atom stereocenters. The molecule has 1 aliphatic carbocycles. The van der Waals surface area contributed by atoms with Crippen LogP contribution < -0.4 is 16.4 Å². The van der Waals surface area contributed by atoms with Crippen molar-refractivity contribution in [3.05, 3.63) is 33.4 Å². The Morgan fingerprint density at radius 3 is 2.49 bits per heavy atom. The maximum Gasteiger partial charge on any atom is 0.225 e. The van der Waals surface area contributed by atoms with Crippen LogP contribution in [0.3, 0.4) is 0 Å². The van der Waals surface area contributed by atoms with Gasteiger partial charge in [-0.05, 0) is 50.7 Å². The number of aromatic nitrogens is 4. The number of carbonyl (C=O) groups excluding carboxylic acids is 1. The lowest BCUT2D eigenvalue weighted by atomic mass is 9.85. The highest BCUT2D eigenvalue weighted by Gasteiger charge is 2.29. The van der Waals surface area contributed by atoms with Gasteiger partial charge < -0.3 is 21.1 Å². The number of carbonyl (C=O) groups is 1. The Bertz CT molecular complexity index is 1210. The zero-order chi connectivity index (χ0) is 24.5. The molecule has 0 bridgehead atoms. The maximum atomic E-state index is 11.7. The van der Waals surface area contributed by atoms with Crippen LogP contribution in [0.1, 0.15) is 44.6 Å². The molecule has 1 amide bonds. The van der Waals surface area contributed by atoms with E-state index in [1.54, 1.807) is 18.3 Å². The van der Waals surface area contributed by atoms with Gasteiger partial charge in [-0.25, -0.2) is 9.97 Å². The van der Waals surface area contributed by atoms with E-state index in [-0.39, 0.29) is 23.9 Å². The van der Waals surface area contributed by atoms with Gasteiger partial charge in [0.1, 0.15) is 5.52 Å². The Morgan fingerprint density at radius 1 is 1.09 bits per heavy atom. The Hall–Kier alpha value is -2.33. The number of fused-ring (bicyclic) bond motifs is 1. The topological polar surface area (TPSA) is 120 Å². The smallest absolute Gasteiger partial charge is 0.225 e. The van der Waals surface area contributed by atoms with Gasteiger partial charge in [0, 0.05) is 23.6 Å². The van der Waals surface area contributed by atoms with Crippen LogP contribution >= 0.6 is 34.8 Å². The van der Waals surface area contributed by atoms with E-state index in [4.69, 9.17) is 55.2 Å². The number of imidazole rings is 1. The predicted molar refractivity (Wildman–Crippen MR) is 138 cm³/mol. The van der Waals surface area contributed by atoms with Gasteiger partial charge in [0.25, 0.3) is 0 Å². The molecule has 3 aromatic rings. The van der Waals surface area contributed by atoms with E-state index in [0.717, 1.165) is 32.3 Å². The van der Waals surface area contributed by atoms with Gasteiger partial charge in [-0.1, -0.05) is 34.8 Å². The van der Waals surface area contributed by atoms with E-state index in [2.05, 4.69) is 20.2 Å². The van der Waals surface area contributed by atoms with E-state index < -0.39 is 0 Å². The summed E-state index contributed by atoms with van der Waals surface area (Å²) in [6.45, 7) is 1.40. The SMILES string of the molecule is NC(=O)C1CCC(n2c(Nc3c(Cl)cc(Cl)cc3Cl)nc3cnc(N[C@@H]4CCCOC4)nc32)CC1. The lowest BCUT2D eigenvalue weighted by Crippen LogP contribution is -2.31. The summed E-state index contributed by atoms with van der Waals surface area (Å²) in [5.74, 6) is 0.700. The van der Waals surface area contributed by atoms with Crippen molar-refractivity contribution in [1.82, 2.24) is 19.5 Å². The third-order valence-electron chi connectivity index (χ3n) is 6.63. The van der Waals surface area contributed by atoms with Crippen LogP contribution in [0.15, 0.2) is 18.3 Å². The summed E-state index contributed by atoms with van der Waals surface area (Å²) >= 11 is 19.0. The molecule has 2 aliphatic rings. The van der Waals surface area contributed by atoms with Crippen molar-refractivity contribution in [3.8, 4) is 0 Å². The zero-order valence-corrected chi connectivity index (χ0v) is 21.2. The minimum absolute atomic E-state index is 0.0590. The molecule has 0 unspecified atom stereocenters. The number of anilines is 3. The minimum Gasteiger partial charge on any atom is -0.379 e. The van der Waals surface area contributed by atoms with E-state index in [1.165, 1.54) is 0 Å². The number of hydrogen-bond donors (Lipinski definition) is 3. The van der Waals surface area contributed by atoms with E-state index in [9.17, 15) is 4.79 Å². The Morgan fingerprint density at radius 2 is 1.83 bits per heavy atom. The van der Waals surface area contributed by atoms with Gasteiger partial charge in [-0.3, -0.25) is 9.36 Å². The predicted octanol–water partition coefficient (Wildman–Crippen LogP) is 5.34. The first kappa shape index (κ1) is 24.4. The molecule has 4 N–H and O–H groups in total. The molecular formula is C23H26Cl3N7O2. The van der Waals surface area contributed by atoms with Gasteiger partial charge in [0.15, 0.2) is 5.65 Å². The summed E-state index contributed by atoms with van der Waals surface area (Å²) in [6, 6.07) is 3.46. The van der Waals surface area contributed by atoms with Crippen molar-refractivity contribution in [1.29, 1.82) is 0 Å². The average Bonchev–Trinajstić information content (AvgIpc) is 3.19. The largest absolute Gasteiger partial charge is 0.379 e. The normalized spacial score (nSPS) is 22.8. The van der Waals surface area contributed by atoms with Gasteiger partial charge in [0.05, 0.1) is 34.6 Å². The number of nitrogens with two attached hydrogens (primary N) is 1. The van der Waals surface area contributed by atoms with Gasteiger partial charge >= 0.3 is 0 Å². The molecule has 12 heteroatoms. The first-order valence-corrected chi connectivity index (χ1v) is 12.8. The number of nitrogens with one attached hydrogen (secondary N) is 2. The third-order valence-corrected chi connectivity index (χ3v) is 7.45. The van der Waals surface area contributed by atoms with E-state index in [1.807, 2.05) is 0 Å². The second kappa shape index (κ2) is 10.3. The number of benzene rings is 1. The molecule has 0 radical (unpaired) electrons. The summed E-state index contributed by atoms with van der Waals surface area (Å²) in [5.41, 5.74) is 7.38. The van der Waals surface area contributed by atoms with Crippen LogP contribution in [0.25, 0.3) is 11.2 Å². The Labute approximate surface area is 217 Å². The summed E-state index contributed by atoms with van der Waals surface area (Å²) in [7, 11) is 0. The van der Waals surface area contributed by atoms with Crippen molar-refractivity contribution >= 4 is 69.5 Å². The fourth-order valence-corrected chi connectivity index (χ4v) is 5.74. The number of primary amides is 1. The standard InChI is InChI=1S/C23H26Cl3N7O2/c24-13-8-16(25)19(17(26)9-13)31-23-30-18-10-28-22(29-14-2-1-7-35-11-14)32-21(18)33(23)15-5-3-12(4-6-15)20(27)34/h8-10,12,14-15H,1-7,11H2,(H2,27,34)(H,30,31)(H,28,29,32)/t12?,14-,15?/m1/s1. The van der Waals surface area contributed by atoms with Crippen molar-refractivity contribution in [2.45, 2.75) is 50.6 Å². The van der Waals surface area contributed by atoms with Crippen LogP contribution in [0, 0.1) is 5.92 Å². The lowest BCUT2D eigenvalue weighted by molar-refractivity contribution is -0.122.